The van der Waals surface area contributed by atoms with E-state index >= 15 is 0 Å². The zero-order valence-corrected chi connectivity index (χ0v) is 12.7. The molecule has 2 unspecified atom stereocenters. The molecule has 0 aromatic carbocycles. The molecular weight excluding hydrogens is 238 g/mol. The number of rotatable bonds is 5. The number of nitrogens with one attached hydrogen (secondary N) is 1. The smallest absolute Gasteiger partial charge is 0.138 e. The molecule has 1 saturated heterocycles. The fourth-order valence-corrected chi connectivity index (χ4v) is 2.96. The summed E-state index contributed by atoms with van der Waals surface area (Å²) in [5.74, 6) is 1.68. The molecule has 1 N–H and O–H groups in total. The van der Waals surface area contributed by atoms with E-state index in [1.165, 1.54) is 18.4 Å². The fraction of sp³-hybridized carbons (Fsp3) is 0.800. The molecule has 1 aliphatic rings. The maximum absolute atomic E-state index is 5.25. The van der Waals surface area contributed by atoms with Crippen LogP contribution >= 0.6 is 0 Å². The molecule has 0 aliphatic carbocycles. The highest BCUT2D eigenvalue weighted by molar-refractivity contribution is 5.20. The Hall–Kier alpha value is -0.870. The number of hydrogen-bond donors (Lipinski definition) is 1. The Morgan fingerprint density at radius 2 is 2.21 bits per heavy atom. The Labute approximate surface area is 116 Å². The van der Waals surface area contributed by atoms with E-state index < -0.39 is 0 Å². The van der Waals surface area contributed by atoms with Gasteiger partial charge >= 0.3 is 0 Å². The minimum absolute atomic E-state index is 0.681. The maximum atomic E-state index is 5.25. The lowest BCUT2D eigenvalue weighted by atomic mass is 9.93. The number of nitrogens with zero attached hydrogens (tertiary/aromatic N) is 2. The standard InChI is InChI=1S/C15H27N3O/c1-5-7-16-15-6-8-18(9-11(15)2)10-14-12(3)17-19-13(14)4/h11,15-16H,5-10H2,1-4H3. The molecular formula is C15H27N3O. The molecule has 0 bridgehead atoms. The number of piperidine rings is 1. The summed E-state index contributed by atoms with van der Waals surface area (Å²) in [7, 11) is 0. The van der Waals surface area contributed by atoms with Crippen LogP contribution in [0.4, 0.5) is 0 Å². The lowest BCUT2D eigenvalue weighted by Gasteiger charge is -2.37. The summed E-state index contributed by atoms with van der Waals surface area (Å²) < 4.78 is 5.25. The van der Waals surface area contributed by atoms with Gasteiger partial charge in [0.15, 0.2) is 0 Å². The lowest BCUT2D eigenvalue weighted by Crippen LogP contribution is -2.48. The normalized spacial score (nSPS) is 24.8. The molecule has 1 aromatic rings. The highest BCUT2D eigenvalue weighted by Gasteiger charge is 2.26. The first kappa shape index (κ1) is 14.5. The summed E-state index contributed by atoms with van der Waals surface area (Å²) in [4.78, 5) is 2.53. The van der Waals surface area contributed by atoms with Crippen molar-refractivity contribution in [3.05, 3.63) is 17.0 Å². The van der Waals surface area contributed by atoms with Crippen molar-refractivity contribution >= 4 is 0 Å². The molecule has 0 spiro atoms. The summed E-state index contributed by atoms with van der Waals surface area (Å²) in [6.07, 6.45) is 2.45. The molecule has 2 heterocycles. The van der Waals surface area contributed by atoms with Gasteiger partial charge in [-0.25, -0.2) is 0 Å². The van der Waals surface area contributed by atoms with Gasteiger partial charge < -0.3 is 9.84 Å². The van der Waals surface area contributed by atoms with Crippen LogP contribution in [-0.4, -0.2) is 35.7 Å². The number of aromatic nitrogens is 1. The first-order valence-electron chi connectivity index (χ1n) is 7.49. The topological polar surface area (TPSA) is 41.3 Å². The van der Waals surface area contributed by atoms with Crippen molar-refractivity contribution in [1.82, 2.24) is 15.4 Å². The Morgan fingerprint density at radius 1 is 1.42 bits per heavy atom. The lowest BCUT2D eigenvalue weighted by molar-refractivity contribution is 0.140. The Bertz CT molecular complexity index is 383. The van der Waals surface area contributed by atoms with Gasteiger partial charge in [-0.05, 0) is 45.7 Å². The summed E-state index contributed by atoms with van der Waals surface area (Å²) in [6.45, 7) is 13.1. The van der Waals surface area contributed by atoms with Gasteiger partial charge in [-0.15, -0.1) is 0 Å². The quantitative estimate of drug-likeness (QED) is 0.888. The van der Waals surface area contributed by atoms with Crippen LogP contribution in [0.1, 0.15) is 43.7 Å². The van der Waals surface area contributed by atoms with Crippen LogP contribution < -0.4 is 5.32 Å². The number of hydrogen-bond acceptors (Lipinski definition) is 4. The van der Waals surface area contributed by atoms with Crippen LogP contribution in [0.25, 0.3) is 0 Å². The molecule has 0 radical (unpaired) electrons. The molecule has 1 aromatic heterocycles. The highest BCUT2D eigenvalue weighted by atomic mass is 16.5. The predicted octanol–water partition coefficient (Wildman–Crippen LogP) is 2.50. The molecule has 1 aliphatic heterocycles. The van der Waals surface area contributed by atoms with Crippen LogP contribution in [0.3, 0.4) is 0 Å². The van der Waals surface area contributed by atoms with Gasteiger partial charge in [-0.2, -0.15) is 0 Å². The fourth-order valence-electron chi connectivity index (χ4n) is 2.96. The third kappa shape index (κ3) is 3.57. The SMILES string of the molecule is CCCNC1CCN(Cc2c(C)noc2C)CC1C. The van der Waals surface area contributed by atoms with E-state index in [1.54, 1.807) is 0 Å². The average molecular weight is 265 g/mol. The van der Waals surface area contributed by atoms with Crippen LogP contribution in [0.15, 0.2) is 4.52 Å². The zero-order valence-electron chi connectivity index (χ0n) is 12.7. The highest BCUT2D eigenvalue weighted by Crippen LogP contribution is 2.21. The summed E-state index contributed by atoms with van der Waals surface area (Å²) in [6, 6.07) is 0.681. The van der Waals surface area contributed by atoms with Gasteiger partial charge in [0, 0.05) is 24.7 Å². The number of aryl methyl sites for hydroxylation is 2. The second-order valence-corrected chi connectivity index (χ2v) is 5.86. The summed E-state index contributed by atoms with van der Waals surface area (Å²) in [5.41, 5.74) is 2.31. The van der Waals surface area contributed by atoms with Gasteiger partial charge in [0.05, 0.1) is 5.69 Å². The van der Waals surface area contributed by atoms with Crippen molar-refractivity contribution in [2.24, 2.45) is 5.92 Å². The maximum Gasteiger partial charge on any atom is 0.138 e. The molecule has 1 fully saturated rings. The molecule has 0 amide bonds. The summed E-state index contributed by atoms with van der Waals surface area (Å²) in [5, 5.41) is 7.71. The molecule has 0 saturated carbocycles. The minimum atomic E-state index is 0.681. The molecule has 19 heavy (non-hydrogen) atoms. The minimum Gasteiger partial charge on any atom is -0.361 e. The van der Waals surface area contributed by atoms with E-state index in [0.29, 0.717) is 12.0 Å². The Morgan fingerprint density at radius 3 is 2.79 bits per heavy atom. The predicted molar refractivity (Wildman–Crippen MR) is 77.1 cm³/mol. The Balaban J connectivity index is 1.88. The van der Waals surface area contributed by atoms with Crippen LogP contribution in [0.5, 0.6) is 0 Å². The Kier molecular flexibility index (Phi) is 4.99. The first-order chi connectivity index (χ1) is 9.11. The van der Waals surface area contributed by atoms with E-state index in [9.17, 15) is 0 Å². The molecule has 2 rings (SSSR count). The third-order valence-electron chi connectivity index (χ3n) is 4.21. The van der Waals surface area contributed by atoms with Gasteiger partial charge in [0.1, 0.15) is 5.76 Å². The van der Waals surface area contributed by atoms with Crippen molar-refractivity contribution in [3.8, 4) is 0 Å². The van der Waals surface area contributed by atoms with Crippen molar-refractivity contribution in [2.45, 2.75) is 53.1 Å². The van der Waals surface area contributed by atoms with E-state index in [1.807, 2.05) is 13.8 Å². The summed E-state index contributed by atoms with van der Waals surface area (Å²) >= 11 is 0. The molecule has 108 valence electrons. The van der Waals surface area contributed by atoms with Gasteiger partial charge in [0.2, 0.25) is 0 Å². The largest absolute Gasteiger partial charge is 0.361 e. The zero-order chi connectivity index (χ0) is 13.8. The van der Waals surface area contributed by atoms with Crippen LogP contribution in [0, 0.1) is 19.8 Å². The van der Waals surface area contributed by atoms with E-state index in [-0.39, 0.29) is 0 Å². The third-order valence-corrected chi connectivity index (χ3v) is 4.21. The van der Waals surface area contributed by atoms with Crippen molar-refractivity contribution < 1.29 is 4.52 Å². The molecule has 4 nitrogen and oxygen atoms in total. The molecule has 4 heteroatoms. The van der Waals surface area contributed by atoms with Crippen molar-refractivity contribution in [3.63, 3.8) is 0 Å². The second kappa shape index (κ2) is 6.53. The second-order valence-electron chi connectivity index (χ2n) is 5.86. The average Bonchev–Trinajstić information content (AvgIpc) is 2.70. The van der Waals surface area contributed by atoms with Crippen molar-refractivity contribution in [2.75, 3.05) is 19.6 Å². The van der Waals surface area contributed by atoms with Crippen molar-refractivity contribution in [1.29, 1.82) is 0 Å². The van der Waals surface area contributed by atoms with Gasteiger partial charge in [-0.3, -0.25) is 4.90 Å². The van der Waals surface area contributed by atoms with Gasteiger partial charge in [0.25, 0.3) is 0 Å². The first-order valence-corrected chi connectivity index (χ1v) is 7.49. The van der Waals surface area contributed by atoms with Gasteiger partial charge in [-0.1, -0.05) is 19.0 Å². The monoisotopic (exact) mass is 265 g/mol. The van der Waals surface area contributed by atoms with E-state index in [0.717, 1.165) is 37.6 Å². The van der Waals surface area contributed by atoms with Crippen LogP contribution in [0.2, 0.25) is 0 Å². The van der Waals surface area contributed by atoms with E-state index in [4.69, 9.17) is 4.52 Å². The van der Waals surface area contributed by atoms with Crippen LogP contribution in [-0.2, 0) is 6.54 Å². The number of likely N-dealkylation sites (tertiary alicyclic amines) is 1. The van der Waals surface area contributed by atoms with E-state index in [2.05, 4.69) is 29.2 Å². The molecule has 2 atom stereocenters.